The lowest BCUT2D eigenvalue weighted by Crippen LogP contribution is -1.94. The first-order valence-electron chi connectivity index (χ1n) is 7.25. The molecule has 0 radical (unpaired) electrons. The van der Waals surface area contributed by atoms with E-state index >= 15 is 0 Å². The van der Waals surface area contributed by atoms with Gasteiger partial charge in [0, 0.05) is 0 Å². The summed E-state index contributed by atoms with van der Waals surface area (Å²) in [5.74, 6) is 10.8. The molecule has 1 saturated heterocycles. The number of ether oxygens (including phenoxy) is 1. The van der Waals surface area contributed by atoms with E-state index in [1.165, 1.54) is 44.6 Å². The van der Waals surface area contributed by atoms with Gasteiger partial charge in [-0.1, -0.05) is 69.9 Å². The molecule has 104 valence electrons. The Morgan fingerprint density at radius 3 is 2.68 bits per heavy atom. The Balaban J connectivity index is 2.03. The van der Waals surface area contributed by atoms with Crippen LogP contribution in [0.4, 0.5) is 0 Å². The minimum Gasteiger partial charge on any atom is -0.377 e. The highest BCUT2D eigenvalue weighted by molar-refractivity contribution is 5.31. The summed E-state index contributed by atoms with van der Waals surface area (Å²) >= 11 is 0. The van der Waals surface area contributed by atoms with Gasteiger partial charge in [0.25, 0.3) is 0 Å². The molecule has 1 heterocycles. The first kappa shape index (κ1) is 15.8. The zero-order valence-corrected chi connectivity index (χ0v) is 11.8. The van der Waals surface area contributed by atoms with Crippen molar-refractivity contribution in [1.29, 1.82) is 0 Å². The van der Waals surface area contributed by atoms with Crippen LogP contribution in [0.1, 0.15) is 51.9 Å². The highest BCUT2D eigenvalue weighted by Crippen LogP contribution is 2.26. The number of hydrogen-bond donors (Lipinski definition) is 1. The van der Waals surface area contributed by atoms with Gasteiger partial charge in [-0.25, -0.2) is 0 Å². The van der Waals surface area contributed by atoms with Gasteiger partial charge < -0.3 is 9.84 Å². The molecule has 0 aromatic heterocycles. The third kappa shape index (κ3) is 7.73. The molecule has 1 aliphatic rings. The molecular weight excluding hydrogens is 236 g/mol. The van der Waals surface area contributed by atoms with Crippen molar-refractivity contribution >= 4 is 0 Å². The average Bonchev–Trinajstić information content (AvgIpc) is 3.17. The first-order chi connectivity index (χ1) is 9.27. The van der Waals surface area contributed by atoms with Crippen molar-refractivity contribution in [3.63, 3.8) is 0 Å². The smallest absolute Gasteiger partial charge is 0.145 e. The molecule has 1 rings (SSSR count). The molecule has 0 aliphatic carbocycles. The van der Waals surface area contributed by atoms with E-state index in [0.29, 0.717) is 6.10 Å². The van der Waals surface area contributed by atoms with Gasteiger partial charge in [0.1, 0.15) is 12.2 Å². The number of aliphatic hydroxyl groups excluding tert-OH is 1. The normalized spacial score (nSPS) is 21.6. The van der Waals surface area contributed by atoms with Crippen molar-refractivity contribution < 1.29 is 9.84 Å². The molecule has 0 aromatic carbocycles. The maximum absolute atomic E-state index is 9.10. The lowest BCUT2D eigenvalue weighted by Gasteiger charge is -1.97. The number of hydrogen-bond acceptors (Lipinski definition) is 2. The molecule has 0 spiro atoms. The van der Waals surface area contributed by atoms with Crippen molar-refractivity contribution in [2.24, 2.45) is 0 Å². The molecule has 3 atom stereocenters. The van der Waals surface area contributed by atoms with E-state index < -0.39 is 6.10 Å². The molecule has 3 unspecified atom stereocenters. The number of unbranched alkanes of at least 4 members (excludes halogenated alkanes) is 5. The van der Waals surface area contributed by atoms with E-state index in [-0.39, 0.29) is 6.10 Å². The van der Waals surface area contributed by atoms with E-state index in [1.807, 2.05) is 0 Å². The highest BCUT2D eigenvalue weighted by Gasteiger charge is 2.36. The van der Waals surface area contributed by atoms with Gasteiger partial charge in [-0.2, -0.15) is 0 Å². The molecule has 1 fully saturated rings. The second kappa shape index (κ2) is 9.68. The van der Waals surface area contributed by atoms with Crippen LogP contribution in [0.3, 0.4) is 0 Å². The van der Waals surface area contributed by atoms with Crippen molar-refractivity contribution in [2.45, 2.75) is 70.2 Å². The Morgan fingerprint density at radius 1 is 1.21 bits per heavy atom. The largest absolute Gasteiger partial charge is 0.377 e. The molecule has 19 heavy (non-hydrogen) atoms. The SMILES string of the molecule is C=CC(O)C#CC#CC1OC1CCCCCCCC. The van der Waals surface area contributed by atoms with Crippen molar-refractivity contribution in [1.82, 2.24) is 0 Å². The number of epoxide rings is 1. The fourth-order valence-corrected chi connectivity index (χ4v) is 1.89. The fraction of sp³-hybridized carbons (Fsp3) is 0.647. The fourth-order valence-electron chi connectivity index (χ4n) is 1.89. The van der Waals surface area contributed by atoms with Crippen LogP contribution in [-0.2, 0) is 4.74 Å². The maximum Gasteiger partial charge on any atom is 0.145 e. The summed E-state index contributed by atoms with van der Waals surface area (Å²) in [6.45, 7) is 5.67. The van der Waals surface area contributed by atoms with Gasteiger partial charge in [-0.05, 0) is 18.3 Å². The van der Waals surface area contributed by atoms with Crippen LogP contribution >= 0.6 is 0 Å². The van der Waals surface area contributed by atoms with E-state index in [9.17, 15) is 0 Å². The topological polar surface area (TPSA) is 32.8 Å². The standard InChI is InChI=1S/C17H24O2/c1-3-5-6-7-8-9-13-16-17(19-16)14-11-10-12-15(18)4-2/h4,15-18H,2-3,5-9,13H2,1H3. The summed E-state index contributed by atoms with van der Waals surface area (Å²) in [5.41, 5.74) is 0. The predicted octanol–water partition coefficient (Wildman–Crippen LogP) is 3.06. The van der Waals surface area contributed by atoms with E-state index in [0.717, 1.165) is 6.42 Å². The van der Waals surface area contributed by atoms with E-state index in [1.54, 1.807) is 0 Å². The van der Waals surface area contributed by atoms with Crippen LogP contribution in [0.5, 0.6) is 0 Å². The molecule has 1 N–H and O–H groups in total. The Kier molecular flexibility index (Phi) is 8.07. The number of aliphatic hydroxyl groups is 1. The third-order valence-electron chi connectivity index (χ3n) is 3.14. The second-order valence-corrected chi connectivity index (χ2v) is 4.87. The van der Waals surface area contributed by atoms with Crippen LogP contribution in [-0.4, -0.2) is 23.4 Å². The van der Waals surface area contributed by atoms with Gasteiger partial charge in [-0.15, -0.1) is 0 Å². The molecule has 2 nitrogen and oxygen atoms in total. The van der Waals surface area contributed by atoms with Gasteiger partial charge in [0.05, 0.1) is 6.10 Å². The second-order valence-electron chi connectivity index (χ2n) is 4.87. The van der Waals surface area contributed by atoms with Gasteiger partial charge >= 0.3 is 0 Å². The molecule has 2 heteroatoms. The molecule has 0 amide bonds. The summed E-state index contributed by atoms with van der Waals surface area (Å²) in [5, 5.41) is 9.10. The van der Waals surface area contributed by atoms with Gasteiger partial charge in [0.15, 0.2) is 0 Å². The lowest BCUT2D eigenvalue weighted by molar-refractivity contribution is 0.281. The number of rotatable bonds is 8. The summed E-state index contributed by atoms with van der Waals surface area (Å²) in [6.07, 6.45) is 9.93. The van der Waals surface area contributed by atoms with Gasteiger partial charge in [-0.3, -0.25) is 0 Å². The molecule has 0 aromatic rings. The van der Waals surface area contributed by atoms with Crippen LogP contribution < -0.4 is 0 Å². The Morgan fingerprint density at radius 2 is 1.95 bits per heavy atom. The molecule has 1 aliphatic heterocycles. The summed E-state index contributed by atoms with van der Waals surface area (Å²) in [4.78, 5) is 0. The van der Waals surface area contributed by atoms with E-state index in [4.69, 9.17) is 9.84 Å². The predicted molar refractivity (Wildman–Crippen MR) is 78.4 cm³/mol. The summed E-state index contributed by atoms with van der Waals surface area (Å²) in [7, 11) is 0. The zero-order chi connectivity index (χ0) is 13.9. The Hall–Kier alpha value is -1.22. The highest BCUT2D eigenvalue weighted by atomic mass is 16.6. The van der Waals surface area contributed by atoms with Gasteiger partial charge in [0.2, 0.25) is 0 Å². The third-order valence-corrected chi connectivity index (χ3v) is 3.14. The van der Waals surface area contributed by atoms with Crippen LogP contribution in [0.15, 0.2) is 12.7 Å². The van der Waals surface area contributed by atoms with Crippen LogP contribution in [0.2, 0.25) is 0 Å². The summed E-state index contributed by atoms with van der Waals surface area (Å²) < 4.78 is 5.45. The maximum atomic E-state index is 9.10. The molecule has 0 saturated carbocycles. The minimum absolute atomic E-state index is 0.0609. The van der Waals surface area contributed by atoms with E-state index in [2.05, 4.69) is 37.2 Å². The lowest BCUT2D eigenvalue weighted by atomic mass is 10.1. The summed E-state index contributed by atoms with van der Waals surface area (Å²) in [6, 6.07) is 0. The minimum atomic E-state index is -0.784. The molecular formula is C17H24O2. The van der Waals surface area contributed by atoms with Crippen molar-refractivity contribution in [3.05, 3.63) is 12.7 Å². The zero-order valence-electron chi connectivity index (χ0n) is 11.8. The average molecular weight is 260 g/mol. The Labute approximate surface area is 117 Å². The Bertz CT molecular complexity index is 378. The van der Waals surface area contributed by atoms with Crippen molar-refractivity contribution in [3.8, 4) is 23.7 Å². The van der Waals surface area contributed by atoms with Crippen LogP contribution in [0, 0.1) is 23.7 Å². The molecule has 0 bridgehead atoms. The first-order valence-corrected chi connectivity index (χ1v) is 7.25. The quantitative estimate of drug-likeness (QED) is 0.315. The van der Waals surface area contributed by atoms with Crippen molar-refractivity contribution in [2.75, 3.05) is 0 Å². The van der Waals surface area contributed by atoms with Crippen LogP contribution in [0.25, 0.3) is 0 Å². The monoisotopic (exact) mass is 260 g/mol.